The molecule has 5 nitrogen and oxygen atoms in total. The summed E-state index contributed by atoms with van der Waals surface area (Å²) in [5.41, 5.74) is 0.781. The zero-order valence-corrected chi connectivity index (χ0v) is 14.0. The highest BCUT2D eigenvalue weighted by Crippen LogP contribution is 2.39. The number of amides is 1. The predicted octanol–water partition coefficient (Wildman–Crippen LogP) is 2.79. The minimum absolute atomic E-state index is 0.0347. The molecule has 0 aliphatic heterocycles. The first-order valence-corrected chi connectivity index (χ1v) is 9.18. The Labute approximate surface area is 137 Å². The molecule has 2 N–H and O–H groups in total. The van der Waals surface area contributed by atoms with E-state index in [0.29, 0.717) is 10.8 Å². The predicted molar refractivity (Wildman–Crippen MR) is 87.2 cm³/mol. The van der Waals surface area contributed by atoms with Gasteiger partial charge in [0.05, 0.1) is 17.8 Å². The molecule has 0 bridgehead atoms. The quantitative estimate of drug-likeness (QED) is 0.850. The van der Waals surface area contributed by atoms with Crippen LogP contribution in [0.4, 0.5) is 0 Å². The third-order valence-electron chi connectivity index (χ3n) is 4.01. The molecule has 0 unspecified atom stereocenters. The summed E-state index contributed by atoms with van der Waals surface area (Å²) in [6.07, 6.45) is 2.96. The van der Waals surface area contributed by atoms with Crippen molar-refractivity contribution in [2.24, 2.45) is 5.92 Å². The van der Waals surface area contributed by atoms with Crippen LogP contribution in [-0.2, 0) is 6.42 Å². The second-order valence-electron chi connectivity index (χ2n) is 5.65. The van der Waals surface area contributed by atoms with Crippen molar-refractivity contribution in [1.82, 2.24) is 14.9 Å². The normalized spacial score (nSPS) is 22.1. The van der Waals surface area contributed by atoms with E-state index in [1.54, 1.807) is 11.3 Å². The Kier molecular flexibility index (Phi) is 4.85. The first-order valence-electron chi connectivity index (χ1n) is 7.52. The van der Waals surface area contributed by atoms with Gasteiger partial charge in [-0.15, -0.1) is 16.4 Å². The maximum Gasteiger partial charge on any atom is 0.265 e. The topological polar surface area (TPSA) is 75.1 Å². The van der Waals surface area contributed by atoms with Crippen LogP contribution in [0, 0.1) is 5.92 Å². The van der Waals surface area contributed by atoms with E-state index in [-0.39, 0.29) is 18.1 Å². The number of nitrogens with one attached hydrogen (secondary N) is 1. The molecule has 0 radical (unpaired) electrons. The number of hydrogen-bond acceptors (Lipinski definition) is 6. The summed E-state index contributed by atoms with van der Waals surface area (Å²) in [5.74, 6) is 0.200. The van der Waals surface area contributed by atoms with E-state index in [0.717, 1.165) is 47.8 Å². The maximum atomic E-state index is 12.6. The highest BCUT2D eigenvalue weighted by Gasteiger charge is 2.36. The monoisotopic (exact) mass is 337 g/mol. The van der Waals surface area contributed by atoms with E-state index in [2.05, 4.69) is 21.8 Å². The summed E-state index contributed by atoms with van der Waals surface area (Å²) in [6, 6.07) is 4.00. The molecule has 1 amide bonds. The van der Waals surface area contributed by atoms with Crippen LogP contribution in [0.25, 0.3) is 0 Å². The first-order chi connectivity index (χ1) is 10.7. The molecule has 0 saturated heterocycles. The van der Waals surface area contributed by atoms with Gasteiger partial charge in [0, 0.05) is 4.88 Å². The fraction of sp³-hybridized carbons (Fsp3) is 0.533. The second-order valence-corrected chi connectivity index (χ2v) is 7.38. The van der Waals surface area contributed by atoms with Crippen molar-refractivity contribution in [3.05, 3.63) is 33.0 Å². The van der Waals surface area contributed by atoms with Crippen molar-refractivity contribution in [3.63, 3.8) is 0 Å². The molecule has 2 aromatic heterocycles. The number of aliphatic hydroxyl groups excluding tert-OH is 1. The van der Waals surface area contributed by atoms with Crippen molar-refractivity contribution < 1.29 is 9.90 Å². The second kappa shape index (κ2) is 6.85. The first kappa shape index (κ1) is 15.6. The minimum atomic E-state index is -0.231. The average Bonchev–Trinajstić information content (AvgIpc) is 3.13. The average molecular weight is 337 g/mol. The van der Waals surface area contributed by atoms with Crippen molar-refractivity contribution >= 4 is 28.8 Å². The van der Waals surface area contributed by atoms with Gasteiger partial charge in [-0.05, 0) is 48.2 Å². The van der Waals surface area contributed by atoms with Gasteiger partial charge in [0.15, 0.2) is 0 Å². The molecular formula is C15H19N3O2S2. The fourth-order valence-corrected chi connectivity index (χ4v) is 4.26. The van der Waals surface area contributed by atoms with Gasteiger partial charge < -0.3 is 10.4 Å². The summed E-state index contributed by atoms with van der Waals surface area (Å²) in [5, 5.41) is 18.8. The molecule has 2 heterocycles. The molecule has 0 spiro atoms. The molecule has 2 aromatic rings. The molecule has 1 aliphatic rings. The number of aryl methyl sites for hydroxylation is 1. The molecule has 118 valence electrons. The van der Waals surface area contributed by atoms with Crippen LogP contribution in [-0.4, -0.2) is 26.7 Å². The van der Waals surface area contributed by atoms with Crippen LogP contribution in [0.2, 0.25) is 0 Å². The van der Waals surface area contributed by atoms with Gasteiger partial charge in [-0.2, -0.15) is 0 Å². The fourth-order valence-electron chi connectivity index (χ4n) is 2.78. The van der Waals surface area contributed by atoms with E-state index >= 15 is 0 Å². The van der Waals surface area contributed by atoms with Crippen molar-refractivity contribution in [2.75, 3.05) is 0 Å². The SMILES string of the molecule is CCCc1nnsc1C(=O)N[C@H](c1cccs1)C1CC(O)C1. The number of carbonyl (C=O) groups is 1. The minimum Gasteiger partial charge on any atom is -0.393 e. The van der Waals surface area contributed by atoms with E-state index in [1.807, 2.05) is 17.5 Å². The van der Waals surface area contributed by atoms with Crippen LogP contribution in [0.1, 0.15) is 52.5 Å². The van der Waals surface area contributed by atoms with Gasteiger partial charge in [0.1, 0.15) is 4.88 Å². The molecule has 22 heavy (non-hydrogen) atoms. The summed E-state index contributed by atoms with van der Waals surface area (Å²) in [6.45, 7) is 2.06. The van der Waals surface area contributed by atoms with E-state index < -0.39 is 0 Å². The molecule has 3 rings (SSSR count). The van der Waals surface area contributed by atoms with Crippen LogP contribution in [0.5, 0.6) is 0 Å². The van der Waals surface area contributed by atoms with Crippen molar-refractivity contribution in [2.45, 2.75) is 44.8 Å². The standard InChI is InChI=1S/C15H19N3O2S2/c1-2-4-11-14(22-18-17-11)15(20)16-13(9-7-10(19)8-9)12-5-3-6-21-12/h3,5-6,9-10,13,19H,2,4,7-8H2,1H3,(H,16,20)/t9?,10?,13-/m0/s1. The Bertz CT molecular complexity index is 621. The van der Waals surface area contributed by atoms with E-state index in [1.165, 1.54) is 0 Å². The Morgan fingerprint density at radius 2 is 2.36 bits per heavy atom. The lowest BCUT2D eigenvalue weighted by molar-refractivity contribution is 0.0241. The highest BCUT2D eigenvalue weighted by molar-refractivity contribution is 7.10. The van der Waals surface area contributed by atoms with Crippen LogP contribution in [0.15, 0.2) is 17.5 Å². The third-order valence-corrected chi connectivity index (χ3v) is 5.73. The number of rotatable bonds is 6. The Morgan fingerprint density at radius 1 is 1.55 bits per heavy atom. The molecule has 1 atom stereocenters. The maximum absolute atomic E-state index is 12.6. The summed E-state index contributed by atoms with van der Waals surface area (Å²) >= 11 is 2.79. The Balaban J connectivity index is 1.75. The summed E-state index contributed by atoms with van der Waals surface area (Å²) in [4.78, 5) is 14.3. The van der Waals surface area contributed by atoms with Crippen LogP contribution in [0.3, 0.4) is 0 Å². The van der Waals surface area contributed by atoms with Crippen LogP contribution >= 0.6 is 22.9 Å². The highest BCUT2D eigenvalue weighted by atomic mass is 32.1. The molecule has 1 fully saturated rings. The number of hydrogen-bond donors (Lipinski definition) is 2. The molecule has 1 aliphatic carbocycles. The van der Waals surface area contributed by atoms with Crippen molar-refractivity contribution in [1.29, 1.82) is 0 Å². The zero-order chi connectivity index (χ0) is 15.5. The lowest BCUT2D eigenvalue weighted by Crippen LogP contribution is -2.41. The van der Waals surface area contributed by atoms with E-state index in [4.69, 9.17) is 0 Å². The molecule has 7 heteroatoms. The van der Waals surface area contributed by atoms with Gasteiger partial charge in [0.25, 0.3) is 5.91 Å². The lowest BCUT2D eigenvalue weighted by Gasteiger charge is -2.37. The van der Waals surface area contributed by atoms with Gasteiger partial charge in [-0.1, -0.05) is 23.9 Å². The van der Waals surface area contributed by atoms with Gasteiger partial charge in [-0.3, -0.25) is 4.79 Å². The van der Waals surface area contributed by atoms with Gasteiger partial charge in [-0.25, -0.2) is 0 Å². The largest absolute Gasteiger partial charge is 0.393 e. The number of aliphatic hydroxyl groups is 1. The smallest absolute Gasteiger partial charge is 0.265 e. The van der Waals surface area contributed by atoms with E-state index in [9.17, 15) is 9.90 Å². The Morgan fingerprint density at radius 3 is 3.00 bits per heavy atom. The van der Waals surface area contributed by atoms with Gasteiger partial charge >= 0.3 is 0 Å². The number of aromatic nitrogens is 2. The summed E-state index contributed by atoms with van der Waals surface area (Å²) in [7, 11) is 0. The third kappa shape index (κ3) is 3.21. The number of carbonyl (C=O) groups excluding carboxylic acids is 1. The van der Waals surface area contributed by atoms with Crippen molar-refractivity contribution in [3.8, 4) is 0 Å². The molecule has 1 saturated carbocycles. The van der Waals surface area contributed by atoms with Gasteiger partial charge in [0.2, 0.25) is 0 Å². The zero-order valence-electron chi connectivity index (χ0n) is 12.4. The molecular weight excluding hydrogens is 318 g/mol. The number of nitrogens with zero attached hydrogens (tertiary/aromatic N) is 2. The molecule has 0 aromatic carbocycles. The Hall–Kier alpha value is -1.31. The summed E-state index contributed by atoms with van der Waals surface area (Å²) < 4.78 is 3.92. The number of thiophene rings is 1. The lowest BCUT2D eigenvalue weighted by atomic mass is 9.76. The van der Waals surface area contributed by atoms with Crippen LogP contribution < -0.4 is 5.32 Å².